The molecule has 1 amide bonds. The Hall–Kier alpha value is -2.11. The molecule has 0 bridgehead atoms. The second-order valence-corrected chi connectivity index (χ2v) is 7.42. The van der Waals surface area contributed by atoms with Gasteiger partial charge in [-0.15, -0.1) is 0 Å². The molecule has 3 heterocycles. The van der Waals surface area contributed by atoms with Crippen LogP contribution in [0.4, 0.5) is 0 Å². The molecule has 5 nitrogen and oxygen atoms in total. The van der Waals surface area contributed by atoms with Crippen LogP contribution in [0.25, 0.3) is 0 Å². The molecule has 0 N–H and O–H groups in total. The van der Waals surface area contributed by atoms with Crippen molar-refractivity contribution in [3.8, 4) is 0 Å². The summed E-state index contributed by atoms with van der Waals surface area (Å²) >= 11 is 0. The fourth-order valence-corrected chi connectivity index (χ4v) is 4.06. The number of hydrogen-bond acceptors (Lipinski definition) is 4. The van der Waals surface area contributed by atoms with Gasteiger partial charge in [-0.1, -0.05) is 29.8 Å². The summed E-state index contributed by atoms with van der Waals surface area (Å²) in [7, 11) is 0. The average molecular weight is 354 g/mol. The van der Waals surface area contributed by atoms with E-state index in [9.17, 15) is 4.79 Å². The normalized spacial score (nSPS) is 24.3. The molecule has 2 fully saturated rings. The number of likely N-dealkylation sites (tertiary alicyclic amines) is 1. The van der Waals surface area contributed by atoms with E-state index >= 15 is 0 Å². The highest BCUT2D eigenvalue weighted by Crippen LogP contribution is 2.27. The molecule has 2 aliphatic heterocycles. The third-order valence-corrected chi connectivity index (χ3v) is 5.41. The van der Waals surface area contributed by atoms with Crippen molar-refractivity contribution in [1.82, 2.24) is 9.80 Å². The maximum atomic E-state index is 13.1. The van der Waals surface area contributed by atoms with Crippen molar-refractivity contribution in [1.29, 1.82) is 0 Å². The van der Waals surface area contributed by atoms with Gasteiger partial charge in [0.15, 0.2) is 0 Å². The molecule has 0 aliphatic carbocycles. The summed E-state index contributed by atoms with van der Waals surface area (Å²) < 4.78 is 11.3. The summed E-state index contributed by atoms with van der Waals surface area (Å²) in [6.07, 6.45) is 4.34. The quantitative estimate of drug-likeness (QED) is 0.847. The minimum atomic E-state index is -0.0251. The number of piperidine rings is 1. The lowest BCUT2D eigenvalue weighted by atomic mass is 9.92. The number of benzene rings is 1. The first-order chi connectivity index (χ1) is 12.7. The third-order valence-electron chi connectivity index (χ3n) is 5.41. The van der Waals surface area contributed by atoms with Crippen LogP contribution in [0.15, 0.2) is 47.3 Å². The molecule has 2 saturated heterocycles. The smallest absolute Gasteiger partial charge is 0.228 e. The van der Waals surface area contributed by atoms with E-state index in [1.54, 1.807) is 12.5 Å². The largest absolute Gasteiger partial charge is 0.472 e. The summed E-state index contributed by atoms with van der Waals surface area (Å²) in [5, 5.41) is 0. The van der Waals surface area contributed by atoms with E-state index in [-0.39, 0.29) is 17.9 Å². The summed E-state index contributed by atoms with van der Waals surface area (Å²) in [6.45, 7) is 6.61. The van der Waals surface area contributed by atoms with Crippen molar-refractivity contribution in [2.75, 3.05) is 26.2 Å². The number of furan rings is 1. The monoisotopic (exact) mass is 354 g/mol. The predicted octanol–water partition coefficient (Wildman–Crippen LogP) is 2.84. The molecular weight excluding hydrogens is 328 g/mol. The van der Waals surface area contributed by atoms with Crippen LogP contribution in [-0.2, 0) is 22.6 Å². The minimum Gasteiger partial charge on any atom is -0.472 e. The van der Waals surface area contributed by atoms with Crippen LogP contribution < -0.4 is 0 Å². The summed E-state index contributed by atoms with van der Waals surface area (Å²) in [6, 6.07) is 10.4. The molecule has 5 heteroatoms. The average Bonchev–Trinajstić information content (AvgIpc) is 3.08. The molecule has 0 saturated carbocycles. The first kappa shape index (κ1) is 17.3. The van der Waals surface area contributed by atoms with Gasteiger partial charge >= 0.3 is 0 Å². The highest BCUT2D eigenvalue weighted by atomic mass is 16.5. The van der Waals surface area contributed by atoms with Crippen LogP contribution >= 0.6 is 0 Å². The lowest BCUT2D eigenvalue weighted by molar-refractivity contribution is -0.139. The molecule has 0 unspecified atom stereocenters. The predicted molar refractivity (Wildman–Crippen MR) is 98.4 cm³/mol. The fraction of sp³-hybridized carbons (Fsp3) is 0.476. The number of ether oxygens (including phenoxy) is 1. The zero-order valence-corrected chi connectivity index (χ0v) is 15.3. The van der Waals surface area contributed by atoms with Crippen LogP contribution in [0.5, 0.6) is 0 Å². The Morgan fingerprint density at radius 2 is 2.08 bits per heavy atom. The van der Waals surface area contributed by atoms with Gasteiger partial charge in [-0.05, 0) is 31.5 Å². The Kier molecular flexibility index (Phi) is 5.09. The molecule has 138 valence electrons. The first-order valence-electron chi connectivity index (χ1n) is 9.38. The molecular formula is C21H26N2O3. The molecule has 2 aromatic rings. The van der Waals surface area contributed by atoms with Gasteiger partial charge in [0.1, 0.15) is 0 Å². The van der Waals surface area contributed by atoms with Crippen molar-refractivity contribution in [2.45, 2.75) is 32.5 Å². The van der Waals surface area contributed by atoms with Gasteiger partial charge in [0.05, 0.1) is 31.2 Å². The lowest BCUT2D eigenvalue weighted by Gasteiger charge is -2.37. The third kappa shape index (κ3) is 3.84. The van der Waals surface area contributed by atoms with Crippen LogP contribution in [-0.4, -0.2) is 48.1 Å². The number of rotatable bonds is 4. The van der Waals surface area contributed by atoms with E-state index in [2.05, 4.69) is 36.1 Å². The van der Waals surface area contributed by atoms with Gasteiger partial charge in [0.25, 0.3) is 0 Å². The van der Waals surface area contributed by atoms with Crippen LogP contribution in [0.3, 0.4) is 0 Å². The second-order valence-electron chi connectivity index (χ2n) is 7.42. The van der Waals surface area contributed by atoms with Crippen LogP contribution in [0.2, 0.25) is 0 Å². The molecule has 26 heavy (non-hydrogen) atoms. The maximum absolute atomic E-state index is 13.1. The molecule has 1 aromatic carbocycles. The second kappa shape index (κ2) is 7.64. The van der Waals surface area contributed by atoms with E-state index in [1.807, 2.05) is 11.0 Å². The number of aryl methyl sites for hydroxylation is 1. The molecule has 0 spiro atoms. The molecule has 4 rings (SSSR count). The molecule has 2 atom stereocenters. The zero-order chi connectivity index (χ0) is 17.9. The Morgan fingerprint density at radius 1 is 1.15 bits per heavy atom. The maximum Gasteiger partial charge on any atom is 0.228 e. The summed E-state index contributed by atoms with van der Waals surface area (Å²) in [5.74, 6) is 0.222. The Morgan fingerprint density at radius 3 is 2.88 bits per heavy atom. The van der Waals surface area contributed by atoms with Gasteiger partial charge < -0.3 is 14.1 Å². The van der Waals surface area contributed by atoms with Gasteiger partial charge in [0, 0.05) is 31.7 Å². The number of amides is 1. The van der Waals surface area contributed by atoms with Crippen LogP contribution in [0.1, 0.15) is 23.1 Å². The van der Waals surface area contributed by atoms with E-state index in [1.165, 1.54) is 16.7 Å². The van der Waals surface area contributed by atoms with E-state index in [0.29, 0.717) is 19.7 Å². The van der Waals surface area contributed by atoms with Crippen LogP contribution in [0, 0.1) is 12.8 Å². The minimum absolute atomic E-state index is 0.00865. The van der Waals surface area contributed by atoms with E-state index in [4.69, 9.17) is 9.15 Å². The molecule has 1 aromatic heterocycles. The van der Waals surface area contributed by atoms with Crippen molar-refractivity contribution >= 4 is 5.91 Å². The first-order valence-corrected chi connectivity index (χ1v) is 9.38. The number of carbonyl (C=O) groups excluding carboxylic acids is 1. The summed E-state index contributed by atoms with van der Waals surface area (Å²) in [5.41, 5.74) is 3.59. The summed E-state index contributed by atoms with van der Waals surface area (Å²) in [4.78, 5) is 17.4. The Balaban J connectivity index is 1.41. The Bertz CT molecular complexity index is 743. The van der Waals surface area contributed by atoms with Crippen molar-refractivity contribution in [3.63, 3.8) is 0 Å². The lowest BCUT2D eigenvalue weighted by Crippen LogP contribution is -2.48. The van der Waals surface area contributed by atoms with Crippen molar-refractivity contribution in [3.05, 3.63) is 59.5 Å². The van der Waals surface area contributed by atoms with Gasteiger partial charge in [-0.25, -0.2) is 0 Å². The zero-order valence-electron chi connectivity index (χ0n) is 15.3. The number of nitrogens with zero attached hydrogens (tertiary/aromatic N) is 2. The highest BCUT2D eigenvalue weighted by molar-refractivity contribution is 5.80. The van der Waals surface area contributed by atoms with Crippen molar-refractivity contribution in [2.24, 2.45) is 5.92 Å². The molecule has 0 radical (unpaired) electrons. The SMILES string of the molecule is Cc1cccc(CN2CCO[C@H]3CN(Cc4ccoc4)CC[C@H]3C2=O)c1. The number of carbonyl (C=O) groups is 1. The number of fused-ring (bicyclic) bond motifs is 1. The van der Waals surface area contributed by atoms with Crippen molar-refractivity contribution < 1.29 is 13.9 Å². The van der Waals surface area contributed by atoms with E-state index < -0.39 is 0 Å². The van der Waals surface area contributed by atoms with Gasteiger partial charge in [-0.2, -0.15) is 0 Å². The standard InChI is InChI=1S/C21H26N2O3/c1-16-3-2-4-17(11-16)13-23-8-10-26-20-14-22(7-5-19(20)21(23)24)12-18-6-9-25-15-18/h2-4,6,9,11,15,19-20H,5,7-8,10,12-14H2,1H3/t19-,20+/m1/s1. The number of hydrogen-bond donors (Lipinski definition) is 0. The molecule has 2 aliphatic rings. The highest BCUT2D eigenvalue weighted by Gasteiger charge is 2.39. The van der Waals surface area contributed by atoms with Gasteiger partial charge in [0.2, 0.25) is 5.91 Å². The van der Waals surface area contributed by atoms with E-state index in [0.717, 1.165) is 26.1 Å². The topological polar surface area (TPSA) is 45.9 Å². The van der Waals surface area contributed by atoms with Gasteiger partial charge in [-0.3, -0.25) is 9.69 Å². The fourth-order valence-electron chi connectivity index (χ4n) is 4.06. The Labute approximate surface area is 154 Å².